The van der Waals surface area contributed by atoms with E-state index in [0.717, 1.165) is 25.7 Å². The van der Waals surface area contributed by atoms with Crippen LogP contribution in [0.15, 0.2) is 0 Å². The Labute approximate surface area is 107 Å². The Morgan fingerprint density at radius 3 is 2.61 bits per heavy atom. The topological polar surface area (TPSA) is 66.8 Å². The van der Waals surface area contributed by atoms with Gasteiger partial charge in [-0.05, 0) is 19.3 Å². The predicted molar refractivity (Wildman–Crippen MR) is 65.1 cm³/mol. The molecule has 0 aromatic heterocycles. The molecule has 1 saturated heterocycles. The number of hydrogen-bond acceptors (Lipinski definition) is 3. The molecule has 1 atom stereocenters. The molecule has 1 saturated carbocycles. The maximum Gasteiger partial charge on any atom is 0.313 e. The van der Waals surface area contributed by atoms with Crippen LogP contribution in [-0.2, 0) is 14.3 Å². The molecule has 5 nitrogen and oxygen atoms in total. The molecule has 1 unspecified atom stereocenters. The summed E-state index contributed by atoms with van der Waals surface area (Å²) in [6.45, 7) is 1.02. The number of likely N-dealkylation sites (tertiary alicyclic amines) is 1. The number of rotatable bonds is 4. The van der Waals surface area contributed by atoms with Crippen molar-refractivity contribution >= 4 is 11.9 Å². The Balaban J connectivity index is 2.01. The molecule has 1 aliphatic heterocycles. The Morgan fingerprint density at radius 1 is 1.39 bits per heavy atom. The molecule has 18 heavy (non-hydrogen) atoms. The molecule has 102 valence electrons. The van der Waals surface area contributed by atoms with Gasteiger partial charge in [-0.1, -0.05) is 12.8 Å². The monoisotopic (exact) mass is 255 g/mol. The summed E-state index contributed by atoms with van der Waals surface area (Å²) in [7, 11) is 1.51. The van der Waals surface area contributed by atoms with Crippen molar-refractivity contribution in [2.45, 2.75) is 32.1 Å². The van der Waals surface area contributed by atoms with Gasteiger partial charge in [0.1, 0.15) is 5.41 Å². The van der Waals surface area contributed by atoms with E-state index in [9.17, 15) is 14.7 Å². The van der Waals surface area contributed by atoms with Crippen molar-refractivity contribution in [3.05, 3.63) is 0 Å². The highest BCUT2D eigenvalue weighted by Crippen LogP contribution is 2.34. The second-order valence-corrected chi connectivity index (χ2v) is 5.51. The van der Waals surface area contributed by atoms with E-state index >= 15 is 0 Å². The van der Waals surface area contributed by atoms with Crippen LogP contribution in [-0.4, -0.2) is 48.7 Å². The first kappa shape index (κ1) is 13.3. The van der Waals surface area contributed by atoms with E-state index in [1.807, 2.05) is 0 Å². The zero-order chi connectivity index (χ0) is 13.2. The lowest BCUT2D eigenvalue weighted by atomic mass is 9.88. The number of aliphatic carboxylic acids is 1. The number of carboxylic acid groups (broad SMARTS) is 1. The lowest BCUT2D eigenvalue weighted by molar-refractivity contribution is -0.151. The van der Waals surface area contributed by atoms with Gasteiger partial charge in [0, 0.05) is 26.1 Å². The standard InChI is InChI=1S/C13H21NO4/c1-18-9-13(12(16)17)6-7-14(8-13)11(15)10-4-2-3-5-10/h10H,2-9H2,1H3,(H,16,17). The number of hydrogen-bond donors (Lipinski definition) is 1. The molecule has 1 N–H and O–H groups in total. The van der Waals surface area contributed by atoms with Crippen LogP contribution in [0.4, 0.5) is 0 Å². The van der Waals surface area contributed by atoms with E-state index in [0.29, 0.717) is 19.5 Å². The lowest BCUT2D eigenvalue weighted by Gasteiger charge is -2.25. The molecule has 0 aromatic carbocycles. The highest BCUT2D eigenvalue weighted by molar-refractivity contribution is 5.82. The Bertz CT molecular complexity index is 338. The van der Waals surface area contributed by atoms with Crippen LogP contribution >= 0.6 is 0 Å². The minimum absolute atomic E-state index is 0.122. The molecule has 0 aromatic rings. The zero-order valence-corrected chi connectivity index (χ0v) is 10.9. The molecular formula is C13H21NO4. The summed E-state index contributed by atoms with van der Waals surface area (Å²) in [6.07, 6.45) is 4.65. The summed E-state index contributed by atoms with van der Waals surface area (Å²) in [5.41, 5.74) is -0.900. The highest BCUT2D eigenvalue weighted by Gasteiger charge is 2.47. The Kier molecular flexibility index (Phi) is 3.90. The van der Waals surface area contributed by atoms with Gasteiger partial charge in [-0.15, -0.1) is 0 Å². The first-order valence-electron chi connectivity index (χ1n) is 6.60. The van der Waals surface area contributed by atoms with E-state index in [-0.39, 0.29) is 18.4 Å². The van der Waals surface area contributed by atoms with E-state index in [1.54, 1.807) is 4.90 Å². The molecule has 1 aliphatic carbocycles. The molecule has 0 radical (unpaired) electrons. The van der Waals surface area contributed by atoms with Crippen molar-refractivity contribution in [2.75, 3.05) is 26.8 Å². The first-order valence-corrected chi connectivity index (χ1v) is 6.60. The van der Waals surface area contributed by atoms with Crippen molar-refractivity contribution < 1.29 is 19.4 Å². The number of carboxylic acids is 1. The highest BCUT2D eigenvalue weighted by atomic mass is 16.5. The minimum atomic E-state index is -0.900. The van der Waals surface area contributed by atoms with Crippen LogP contribution in [0, 0.1) is 11.3 Å². The molecule has 1 amide bonds. The third-order valence-corrected chi connectivity index (χ3v) is 4.24. The van der Waals surface area contributed by atoms with Gasteiger partial charge in [0.15, 0.2) is 0 Å². The van der Waals surface area contributed by atoms with Gasteiger partial charge >= 0.3 is 5.97 Å². The van der Waals surface area contributed by atoms with Gasteiger partial charge in [-0.25, -0.2) is 0 Å². The largest absolute Gasteiger partial charge is 0.481 e. The van der Waals surface area contributed by atoms with Gasteiger partial charge in [0.2, 0.25) is 5.91 Å². The fourth-order valence-corrected chi connectivity index (χ4v) is 3.12. The second kappa shape index (κ2) is 5.26. The van der Waals surface area contributed by atoms with Gasteiger partial charge < -0.3 is 14.7 Å². The van der Waals surface area contributed by atoms with Crippen LogP contribution in [0.2, 0.25) is 0 Å². The number of methoxy groups -OCH3 is 1. The van der Waals surface area contributed by atoms with Crippen LogP contribution in [0.3, 0.4) is 0 Å². The third kappa shape index (κ3) is 2.36. The predicted octanol–water partition coefficient (Wildman–Crippen LogP) is 1.13. The Morgan fingerprint density at radius 2 is 2.06 bits per heavy atom. The number of nitrogens with zero attached hydrogens (tertiary/aromatic N) is 1. The molecule has 0 spiro atoms. The molecular weight excluding hydrogens is 234 g/mol. The molecule has 2 rings (SSSR count). The van der Waals surface area contributed by atoms with Crippen molar-refractivity contribution in [3.8, 4) is 0 Å². The molecule has 2 aliphatic rings. The zero-order valence-electron chi connectivity index (χ0n) is 10.9. The summed E-state index contributed by atoms with van der Waals surface area (Å²) >= 11 is 0. The van der Waals surface area contributed by atoms with Crippen LogP contribution in [0.1, 0.15) is 32.1 Å². The summed E-state index contributed by atoms with van der Waals surface area (Å²) in [4.78, 5) is 25.4. The van der Waals surface area contributed by atoms with Gasteiger partial charge in [0.05, 0.1) is 6.61 Å². The van der Waals surface area contributed by atoms with E-state index < -0.39 is 11.4 Å². The summed E-state index contributed by atoms with van der Waals surface area (Å²) in [5.74, 6) is -0.588. The number of carbonyl (C=O) groups excluding carboxylic acids is 1. The van der Waals surface area contributed by atoms with Crippen molar-refractivity contribution in [3.63, 3.8) is 0 Å². The number of carbonyl (C=O) groups is 2. The average molecular weight is 255 g/mol. The number of ether oxygens (including phenoxy) is 1. The SMILES string of the molecule is COCC1(C(=O)O)CCN(C(=O)C2CCCC2)C1. The maximum atomic E-state index is 12.3. The van der Waals surface area contributed by atoms with E-state index in [1.165, 1.54) is 7.11 Å². The summed E-state index contributed by atoms with van der Waals surface area (Å²) < 4.78 is 5.03. The molecule has 2 fully saturated rings. The van der Waals surface area contributed by atoms with E-state index in [2.05, 4.69) is 0 Å². The molecule has 0 bridgehead atoms. The average Bonchev–Trinajstić information content (AvgIpc) is 2.98. The van der Waals surface area contributed by atoms with Crippen LogP contribution in [0.25, 0.3) is 0 Å². The van der Waals surface area contributed by atoms with Crippen LogP contribution in [0.5, 0.6) is 0 Å². The minimum Gasteiger partial charge on any atom is -0.481 e. The van der Waals surface area contributed by atoms with Crippen molar-refractivity contribution in [1.82, 2.24) is 4.90 Å². The lowest BCUT2D eigenvalue weighted by Crippen LogP contribution is -2.41. The summed E-state index contributed by atoms with van der Waals surface area (Å²) in [6, 6.07) is 0. The van der Waals surface area contributed by atoms with Gasteiger partial charge in [0.25, 0.3) is 0 Å². The maximum absolute atomic E-state index is 12.3. The fourth-order valence-electron chi connectivity index (χ4n) is 3.12. The number of amides is 1. The summed E-state index contributed by atoms with van der Waals surface area (Å²) in [5, 5.41) is 9.34. The normalized spacial score (nSPS) is 28.8. The van der Waals surface area contributed by atoms with Crippen molar-refractivity contribution in [1.29, 1.82) is 0 Å². The first-order chi connectivity index (χ1) is 8.59. The quantitative estimate of drug-likeness (QED) is 0.817. The Hall–Kier alpha value is -1.10. The molecule has 5 heteroatoms. The third-order valence-electron chi connectivity index (χ3n) is 4.24. The van der Waals surface area contributed by atoms with E-state index in [4.69, 9.17) is 4.74 Å². The fraction of sp³-hybridized carbons (Fsp3) is 0.846. The van der Waals surface area contributed by atoms with Crippen LogP contribution < -0.4 is 0 Å². The van der Waals surface area contributed by atoms with Crippen molar-refractivity contribution in [2.24, 2.45) is 11.3 Å². The molecule has 1 heterocycles. The second-order valence-electron chi connectivity index (χ2n) is 5.51. The van der Waals surface area contributed by atoms with Gasteiger partial charge in [-0.3, -0.25) is 9.59 Å². The van der Waals surface area contributed by atoms with Gasteiger partial charge in [-0.2, -0.15) is 0 Å². The smallest absolute Gasteiger partial charge is 0.313 e.